The van der Waals surface area contributed by atoms with E-state index in [1.165, 1.54) is 19.3 Å². The van der Waals surface area contributed by atoms with E-state index in [9.17, 15) is 4.79 Å². The van der Waals surface area contributed by atoms with Gasteiger partial charge in [0.25, 0.3) is 0 Å². The summed E-state index contributed by atoms with van der Waals surface area (Å²) in [6, 6.07) is 5.49. The van der Waals surface area contributed by atoms with Crippen LogP contribution in [0.25, 0.3) is 6.08 Å². The summed E-state index contributed by atoms with van der Waals surface area (Å²) in [5.74, 6) is 1.81. The first-order valence-corrected chi connectivity index (χ1v) is 7.32. The van der Waals surface area contributed by atoms with E-state index in [0.29, 0.717) is 0 Å². The monoisotopic (exact) mass is 286 g/mol. The van der Waals surface area contributed by atoms with Crippen molar-refractivity contribution in [2.45, 2.75) is 26.2 Å². The minimum atomic E-state index is -0.944. The zero-order chi connectivity index (χ0) is 15.2. The van der Waals surface area contributed by atoms with E-state index in [0.717, 1.165) is 34.8 Å². The number of rotatable bonds is 3. The molecule has 2 unspecified atom stereocenters. The summed E-state index contributed by atoms with van der Waals surface area (Å²) >= 11 is 0. The molecule has 3 rings (SSSR count). The van der Waals surface area contributed by atoms with Crippen molar-refractivity contribution in [3.05, 3.63) is 47.6 Å². The molecule has 0 saturated heterocycles. The molecule has 112 valence electrons. The van der Waals surface area contributed by atoms with Gasteiger partial charge in [-0.25, -0.2) is 4.79 Å². The normalized spacial score (nSPS) is 22.2. The minimum absolute atomic E-state index is 0.773. The molecule has 1 aromatic rings. The number of methoxy groups -OCH3 is 1. The van der Waals surface area contributed by atoms with Gasteiger partial charge >= 0.3 is 5.97 Å². The third kappa shape index (κ3) is 4.48. The summed E-state index contributed by atoms with van der Waals surface area (Å²) in [6.45, 7) is 1.91. The van der Waals surface area contributed by atoms with E-state index >= 15 is 0 Å². The molecule has 0 amide bonds. The maximum atomic E-state index is 10.3. The Balaban J connectivity index is 0.000000189. The van der Waals surface area contributed by atoms with Crippen molar-refractivity contribution in [3.63, 3.8) is 0 Å². The van der Waals surface area contributed by atoms with E-state index in [4.69, 9.17) is 9.84 Å². The zero-order valence-electron chi connectivity index (χ0n) is 12.6. The van der Waals surface area contributed by atoms with E-state index in [1.54, 1.807) is 19.3 Å². The van der Waals surface area contributed by atoms with Crippen molar-refractivity contribution in [1.29, 1.82) is 0 Å². The molecule has 0 aliphatic heterocycles. The van der Waals surface area contributed by atoms with Gasteiger partial charge in [-0.15, -0.1) is 0 Å². The average Bonchev–Trinajstić information content (AvgIpc) is 3.11. The summed E-state index contributed by atoms with van der Waals surface area (Å²) in [6.07, 6.45) is 11.9. The van der Waals surface area contributed by atoms with E-state index < -0.39 is 5.97 Å². The number of carbonyl (C=O) groups is 1. The first kappa shape index (κ1) is 15.4. The Hall–Kier alpha value is -2.03. The molecular formula is C18H22O3. The molecule has 3 heteroatoms. The fourth-order valence-corrected chi connectivity index (χ4v) is 2.84. The van der Waals surface area contributed by atoms with Crippen LogP contribution in [0.3, 0.4) is 0 Å². The zero-order valence-corrected chi connectivity index (χ0v) is 12.6. The second kappa shape index (κ2) is 7.11. The number of aryl methyl sites for hydroxylation is 1. The van der Waals surface area contributed by atoms with Gasteiger partial charge in [0.15, 0.2) is 0 Å². The van der Waals surface area contributed by atoms with Gasteiger partial charge in [0, 0.05) is 6.08 Å². The third-order valence-electron chi connectivity index (χ3n) is 4.05. The van der Waals surface area contributed by atoms with E-state index in [-0.39, 0.29) is 0 Å². The Morgan fingerprint density at radius 2 is 1.95 bits per heavy atom. The lowest BCUT2D eigenvalue weighted by atomic mass is 10.1. The fourth-order valence-electron chi connectivity index (χ4n) is 2.84. The Kier molecular flexibility index (Phi) is 5.20. The van der Waals surface area contributed by atoms with Gasteiger partial charge < -0.3 is 9.84 Å². The van der Waals surface area contributed by atoms with Crippen molar-refractivity contribution in [2.75, 3.05) is 7.11 Å². The molecule has 2 aliphatic rings. The van der Waals surface area contributed by atoms with Crippen LogP contribution in [-0.4, -0.2) is 18.2 Å². The molecule has 3 nitrogen and oxygen atoms in total. The van der Waals surface area contributed by atoms with Gasteiger partial charge in [0.2, 0.25) is 0 Å². The van der Waals surface area contributed by atoms with Gasteiger partial charge in [-0.05, 0) is 67.4 Å². The maximum Gasteiger partial charge on any atom is 0.328 e. The number of carboxylic acid groups (broad SMARTS) is 1. The quantitative estimate of drug-likeness (QED) is 0.673. The summed E-state index contributed by atoms with van der Waals surface area (Å²) < 4.78 is 5.04. The molecule has 1 fully saturated rings. The maximum absolute atomic E-state index is 10.3. The van der Waals surface area contributed by atoms with Crippen molar-refractivity contribution < 1.29 is 14.6 Å². The summed E-state index contributed by atoms with van der Waals surface area (Å²) in [7, 11) is 1.60. The molecule has 0 aromatic heterocycles. The Morgan fingerprint density at radius 3 is 2.33 bits per heavy atom. The molecule has 1 aromatic carbocycles. The molecule has 0 heterocycles. The minimum Gasteiger partial charge on any atom is -0.497 e. The lowest BCUT2D eigenvalue weighted by Crippen LogP contribution is -1.88. The number of hydrogen-bond donors (Lipinski definition) is 1. The fraction of sp³-hybridized carbons (Fsp3) is 0.389. The smallest absolute Gasteiger partial charge is 0.328 e. The van der Waals surface area contributed by atoms with Crippen molar-refractivity contribution in [2.24, 2.45) is 11.8 Å². The standard InChI is InChI=1S/C11H12O3.C7H10/c1-8-7-10(14-2)5-3-9(8)4-6-11(12)13;1-2-7-4-3-6(1)5-7/h3-7H,1-2H3,(H,12,13);1-2,6-7H,3-5H2. The van der Waals surface area contributed by atoms with Crippen LogP contribution in [-0.2, 0) is 4.79 Å². The lowest BCUT2D eigenvalue weighted by molar-refractivity contribution is -0.131. The number of aliphatic carboxylic acids is 1. The second-order valence-electron chi connectivity index (χ2n) is 5.61. The summed E-state index contributed by atoms with van der Waals surface area (Å²) in [4.78, 5) is 10.3. The molecule has 1 saturated carbocycles. The van der Waals surface area contributed by atoms with Gasteiger partial charge in [0.1, 0.15) is 5.75 Å². The van der Waals surface area contributed by atoms with Crippen molar-refractivity contribution in [3.8, 4) is 5.75 Å². The number of fused-ring (bicyclic) bond motifs is 2. The Morgan fingerprint density at radius 1 is 1.29 bits per heavy atom. The predicted octanol–water partition coefficient (Wildman–Crippen LogP) is 4.07. The van der Waals surface area contributed by atoms with E-state index in [1.807, 2.05) is 19.1 Å². The highest BCUT2D eigenvalue weighted by atomic mass is 16.5. The molecule has 21 heavy (non-hydrogen) atoms. The molecule has 2 aliphatic carbocycles. The highest BCUT2D eigenvalue weighted by Gasteiger charge is 2.25. The van der Waals surface area contributed by atoms with Gasteiger partial charge in [-0.3, -0.25) is 0 Å². The topological polar surface area (TPSA) is 46.5 Å². The predicted molar refractivity (Wildman–Crippen MR) is 84.4 cm³/mol. The SMILES string of the molecule is C1=CC2CCC1C2.COc1ccc(C=CC(=O)O)c(C)c1. The van der Waals surface area contributed by atoms with Gasteiger partial charge in [-0.2, -0.15) is 0 Å². The largest absolute Gasteiger partial charge is 0.497 e. The Bertz CT molecular complexity index is 546. The number of benzene rings is 1. The van der Waals surface area contributed by atoms with Crippen LogP contribution in [0.2, 0.25) is 0 Å². The molecule has 1 N–H and O–H groups in total. The first-order valence-electron chi connectivity index (χ1n) is 7.32. The van der Waals surface area contributed by atoms with Crippen LogP contribution in [0.5, 0.6) is 5.75 Å². The molecule has 2 bridgehead atoms. The van der Waals surface area contributed by atoms with Crippen LogP contribution < -0.4 is 4.74 Å². The van der Waals surface area contributed by atoms with Crippen LogP contribution in [0.4, 0.5) is 0 Å². The molecule has 2 atom stereocenters. The van der Waals surface area contributed by atoms with E-state index in [2.05, 4.69) is 12.2 Å². The summed E-state index contributed by atoms with van der Waals surface area (Å²) in [5, 5.41) is 8.45. The molecule has 0 spiro atoms. The van der Waals surface area contributed by atoms with Crippen LogP contribution in [0.15, 0.2) is 36.4 Å². The van der Waals surface area contributed by atoms with Gasteiger partial charge in [0.05, 0.1) is 7.11 Å². The number of ether oxygens (including phenoxy) is 1. The second-order valence-corrected chi connectivity index (χ2v) is 5.61. The third-order valence-corrected chi connectivity index (χ3v) is 4.05. The summed E-state index contributed by atoms with van der Waals surface area (Å²) in [5.41, 5.74) is 1.87. The number of allylic oxidation sites excluding steroid dienone is 2. The highest BCUT2D eigenvalue weighted by molar-refractivity contribution is 5.85. The van der Waals surface area contributed by atoms with Gasteiger partial charge in [-0.1, -0.05) is 18.2 Å². The average molecular weight is 286 g/mol. The van der Waals surface area contributed by atoms with Crippen LogP contribution in [0, 0.1) is 18.8 Å². The lowest BCUT2D eigenvalue weighted by Gasteiger charge is -2.03. The molecular weight excluding hydrogens is 264 g/mol. The van der Waals surface area contributed by atoms with Crippen molar-refractivity contribution in [1.82, 2.24) is 0 Å². The number of hydrogen-bond acceptors (Lipinski definition) is 2. The molecule has 0 radical (unpaired) electrons. The highest BCUT2D eigenvalue weighted by Crippen LogP contribution is 2.38. The Labute approximate surface area is 125 Å². The van der Waals surface area contributed by atoms with Crippen molar-refractivity contribution >= 4 is 12.0 Å². The van der Waals surface area contributed by atoms with Crippen LogP contribution in [0.1, 0.15) is 30.4 Å². The number of carboxylic acids is 1. The van der Waals surface area contributed by atoms with Crippen LogP contribution >= 0.6 is 0 Å². The first-order chi connectivity index (χ1) is 10.1.